The molecule has 0 radical (unpaired) electrons. The van der Waals surface area contributed by atoms with Crippen LogP contribution in [0.4, 0.5) is 0 Å². The van der Waals surface area contributed by atoms with E-state index in [2.05, 4.69) is 21.5 Å². The lowest BCUT2D eigenvalue weighted by Gasteiger charge is -2.02. The van der Waals surface area contributed by atoms with Crippen LogP contribution in [0, 0.1) is 0 Å². The summed E-state index contributed by atoms with van der Waals surface area (Å²) in [5, 5.41) is 0. The average Bonchev–Trinajstić information content (AvgIpc) is 3.03. The van der Waals surface area contributed by atoms with Crippen LogP contribution in [0.1, 0.15) is 10.5 Å². The van der Waals surface area contributed by atoms with Crippen molar-refractivity contribution >= 4 is 48.3 Å². The fraction of sp³-hybridized carbons (Fsp3) is 0.100. The lowest BCUT2D eigenvalue weighted by Crippen LogP contribution is -2.16. The molecule has 0 saturated carbocycles. The number of allylic oxidation sites excluding steroid dienone is 1. The second-order valence-corrected chi connectivity index (χ2v) is 9.37. The van der Waals surface area contributed by atoms with E-state index in [1.54, 1.807) is 30.3 Å². The van der Waals surface area contributed by atoms with Gasteiger partial charge in [0.1, 0.15) is 5.69 Å². The zero-order valence-corrected chi connectivity index (χ0v) is 17.1. The summed E-state index contributed by atoms with van der Waals surface area (Å²) in [6.45, 7) is 4.18. The highest BCUT2D eigenvalue weighted by Crippen LogP contribution is 2.22. The van der Waals surface area contributed by atoms with Crippen LogP contribution in [0.25, 0.3) is 21.3 Å². The van der Waals surface area contributed by atoms with Gasteiger partial charge >= 0.3 is 0 Å². The molecule has 0 aliphatic heterocycles. The highest BCUT2D eigenvalue weighted by Gasteiger charge is 2.14. The van der Waals surface area contributed by atoms with E-state index in [-0.39, 0.29) is 10.6 Å². The zero-order valence-electron chi connectivity index (χ0n) is 15.4. The van der Waals surface area contributed by atoms with Crippen molar-refractivity contribution in [1.82, 2.24) is 14.5 Å². The van der Waals surface area contributed by atoms with E-state index in [1.165, 1.54) is 17.5 Å². The van der Waals surface area contributed by atoms with Gasteiger partial charge in [0, 0.05) is 12.8 Å². The molecule has 1 amide bonds. The fourth-order valence-corrected chi connectivity index (χ4v) is 4.68. The molecule has 2 aromatic heterocycles. The number of carbonyl (C=O) groups is 1. The van der Waals surface area contributed by atoms with Gasteiger partial charge in [-0.1, -0.05) is 29.5 Å². The van der Waals surface area contributed by atoms with Gasteiger partial charge < -0.3 is 4.57 Å². The van der Waals surface area contributed by atoms with Gasteiger partial charge in [-0.15, -0.1) is 6.58 Å². The second-order valence-electron chi connectivity index (χ2n) is 6.35. The minimum absolute atomic E-state index is 0.142. The number of thiazole rings is 1. The molecule has 0 bridgehead atoms. The van der Waals surface area contributed by atoms with Crippen LogP contribution in [0.5, 0.6) is 0 Å². The van der Waals surface area contributed by atoms with Crippen LogP contribution < -0.4 is 4.80 Å². The number of aromatic nitrogens is 3. The van der Waals surface area contributed by atoms with Crippen molar-refractivity contribution in [1.29, 1.82) is 0 Å². The fourth-order valence-electron chi connectivity index (χ4n) is 2.88. The van der Waals surface area contributed by atoms with Crippen molar-refractivity contribution in [2.24, 2.45) is 4.99 Å². The molecule has 0 N–H and O–H groups in total. The van der Waals surface area contributed by atoms with Crippen molar-refractivity contribution in [3.8, 4) is 0 Å². The number of para-hydroxylation sites is 2. The van der Waals surface area contributed by atoms with Crippen LogP contribution in [-0.2, 0) is 16.4 Å². The Labute approximate surface area is 170 Å². The summed E-state index contributed by atoms with van der Waals surface area (Å²) in [6.07, 6.45) is 4.25. The van der Waals surface area contributed by atoms with Crippen LogP contribution in [-0.4, -0.2) is 35.1 Å². The number of carbonyl (C=O) groups excluding carboxylic acids is 1. The van der Waals surface area contributed by atoms with Crippen LogP contribution in [0.2, 0.25) is 0 Å². The molecule has 0 fully saturated rings. The molecule has 2 heterocycles. The quantitative estimate of drug-likeness (QED) is 0.470. The van der Waals surface area contributed by atoms with E-state index in [9.17, 15) is 13.2 Å². The molecule has 7 nitrogen and oxygen atoms in total. The maximum absolute atomic E-state index is 12.7. The molecule has 0 spiro atoms. The molecule has 4 aromatic rings. The first kappa shape index (κ1) is 19.2. The normalized spacial score (nSPS) is 12.5. The van der Waals surface area contributed by atoms with E-state index in [0.29, 0.717) is 27.1 Å². The van der Waals surface area contributed by atoms with Crippen molar-refractivity contribution in [3.05, 3.63) is 71.8 Å². The van der Waals surface area contributed by atoms with Gasteiger partial charge in [0.25, 0.3) is 5.91 Å². The summed E-state index contributed by atoms with van der Waals surface area (Å²) in [6, 6.07) is 12.1. The third kappa shape index (κ3) is 3.74. The number of hydrogen-bond acceptors (Lipinski definition) is 6. The van der Waals surface area contributed by atoms with Gasteiger partial charge in [0.05, 0.1) is 32.3 Å². The molecule has 0 unspecified atom stereocenters. The van der Waals surface area contributed by atoms with E-state index < -0.39 is 15.7 Å². The minimum Gasteiger partial charge on any atom is -0.312 e. The molecular formula is C20H16N4O3S2. The summed E-state index contributed by atoms with van der Waals surface area (Å²) in [7, 11) is -3.34. The predicted molar refractivity (Wildman–Crippen MR) is 113 cm³/mol. The Morgan fingerprint density at radius 3 is 2.72 bits per heavy atom. The highest BCUT2D eigenvalue weighted by molar-refractivity contribution is 7.90. The van der Waals surface area contributed by atoms with Crippen molar-refractivity contribution in [2.75, 3.05) is 6.26 Å². The number of benzene rings is 2. The molecule has 4 rings (SSSR count). The summed E-state index contributed by atoms with van der Waals surface area (Å²) in [4.78, 5) is 26.2. The zero-order chi connectivity index (χ0) is 20.6. The molecule has 29 heavy (non-hydrogen) atoms. The Hall–Kier alpha value is -3.17. The molecule has 0 atom stereocenters. The smallest absolute Gasteiger partial charge is 0.299 e. The first-order chi connectivity index (χ1) is 13.9. The Morgan fingerprint density at radius 1 is 1.24 bits per heavy atom. The molecular weight excluding hydrogens is 408 g/mol. The molecule has 0 aliphatic carbocycles. The third-order valence-electron chi connectivity index (χ3n) is 4.26. The summed E-state index contributed by atoms with van der Waals surface area (Å²) < 4.78 is 26.2. The Bertz CT molecular complexity index is 1450. The van der Waals surface area contributed by atoms with Gasteiger partial charge in [-0.2, -0.15) is 4.99 Å². The monoisotopic (exact) mass is 424 g/mol. The van der Waals surface area contributed by atoms with Gasteiger partial charge in [0.2, 0.25) is 0 Å². The lowest BCUT2D eigenvalue weighted by atomic mass is 10.3. The molecule has 146 valence electrons. The van der Waals surface area contributed by atoms with Crippen molar-refractivity contribution in [3.63, 3.8) is 0 Å². The number of sulfone groups is 1. The van der Waals surface area contributed by atoms with Gasteiger partial charge in [-0.25, -0.2) is 13.4 Å². The topological polar surface area (TPSA) is 94.3 Å². The van der Waals surface area contributed by atoms with E-state index >= 15 is 0 Å². The molecule has 0 aliphatic rings. The maximum Gasteiger partial charge on any atom is 0.299 e. The summed E-state index contributed by atoms with van der Waals surface area (Å²) in [5.74, 6) is -0.518. The van der Waals surface area contributed by atoms with Crippen LogP contribution in [0.3, 0.4) is 0 Å². The average molecular weight is 425 g/mol. The first-order valence-corrected chi connectivity index (χ1v) is 11.3. The predicted octanol–water partition coefficient (Wildman–Crippen LogP) is 2.98. The number of amides is 1. The Balaban J connectivity index is 1.85. The molecule has 0 saturated heterocycles. The number of fused-ring (bicyclic) bond motifs is 2. The summed E-state index contributed by atoms with van der Waals surface area (Å²) in [5.41, 5.74) is 2.23. The summed E-state index contributed by atoms with van der Waals surface area (Å²) >= 11 is 1.24. The highest BCUT2D eigenvalue weighted by atomic mass is 32.2. The Morgan fingerprint density at radius 2 is 2.00 bits per heavy atom. The van der Waals surface area contributed by atoms with Crippen molar-refractivity contribution in [2.45, 2.75) is 11.4 Å². The van der Waals surface area contributed by atoms with E-state index in [0.717, 1.165) is 11.8 Å². The Kier molecular flexibility index (Phi) is 4.85. The van der Waals surface area contributed by atoms with Gasteiger partial charge in [-0.3, -0.25) is 9.78 Å². The molecule has 2 aromatic carbocycles. The standard InChI is InChI=1S/C20H16N4O3S2/c1-3-10-24-17-9-8-13(29(2,26)27)11-18(17)28-20(24)23-19(25)16-12-21-14-6-4-5-7-15(14)22-16/h3-9,11-12H,1,10H2,2H3. The number of hydrogen-bond donors (Lipinski definition) is 0. The largest absolute Gasteiger partial charge is 0.312 e. The van der Waals surface area contributed by atoms with Crippen LogP contribution in [0.15, 0.2) is 71.2 Å². The molecule has 9 heteroatoms. The maximum atomic E-state index is 12.7. The van der Waals surface area contributed by atoms with E-state index in [4.69, 9.17) is 0 Å². The van der Waals surface area contributed by atoms with Gasteiger partial charge in [0.15, 0.2) is 14.6 Å². The van der Waals surface area contributed by atoms with E-state index in [1.807, 2.05) is 22.8 Å². The SMILES string of the molecule is C=CCn1c(=NC(=O)c2cnc3ccccc3n2)sc2cc(S(C)(=O)=O)ccc21. The number of rotatable bonds is 4. The van der Waals surface area contributed by atoms with Crippen LogP contribution >= 0.6 is 11.3 Å². The number of nitrogens with zero attached hydrogens (tertiary/aromatic N) is 4. The van der Waals surface area contributed by atoms with Gasteiger partial charge in [-0.05, 0) is 30.3 Å². The second kappa shape index (κ2) is 7.34. The third-order valence-corrected chi connectivity index (χ3v) is 6.41. The lowest BCUT2D eigenvalue weighted by molar-refractivity contribution is 0.0993. The minimum atomic E-state index is -3.34. The first-order valence-electron chi connectivity index (χ1n) is 8.62. The van der Waals surface area contributed by atoms with Crippen molar-refractivity contribution < 1.29 is 13.2 Å².